The van der Waals surface area contributed by atoms with Gasteiger partial charge in [-0.15, -0.1) is 0 Å². The van der Waals surface area contributed by atoms with Gasteiger partial charge in [0, 0.05) is 18.5 Å². The summed E-state index contributed by atoms with van der Waals surface area (Å²) in [5, 5.41) is 0. The van der Waals surface area contributed by atoms with Crippen molar-refractivity contribution < 1.29 is 7.46 Å². The molecule has 2 atom stereocenters. The molecule has 2 nitrogen and oxygen atoms in total. The lowest BCUT2D eigenvalue weighted by atomic mass is 9.95. The van der Waals surface area contributed by atoms with Crippen LogP contribution in [0.4, 0.5) is 4.39 Å². The van der Waals surface area contributed by atoms with E-state index in [0.29, 0.717) is 19.6 Å². The Morgan fingerprint density at radius 2 is 2.50 bits per heavy atom. The van der Waals surface area contributed by atoms with Gasteiger partial charge in [-0.1, -0.05) is 0 Å². The van der Waals surface area contributed by atoms with Crippen LogP contribution in [-0.4, -0.2) is 36.3 Å². The van der Waals surface area contributed by atoms with Gasteiger partial charge in [0.25, 0.3) is 0 Å². The van der Waals surface area contributed by atoms with E-state index in [0.717, 1.165) is 13.0 Å². The molecule has 0 radical (unpaired) electrons. The molecular weight excluding hydrogens is 272 g/mol. The minimum atomic E-state index is -0.628. The largest absolute Gasteiger partial charge is 0.314 e. The highest BCUT2D eigenvalue weighted by atomic mass is 127. The van der Waals surface area contributed by atoms with Gasteiger partial charge in [-0.3, -0.25) is 4.90 Å². The summed E-state index contributed by atoms with van der Waals surface area (Å²) in [6, 6.07) is 0. The van der Waals surface area contributed by atoms with Crippen LogP contribution in [0.15, 0.2) is 0 Å². The van der Waals surface area contributed by atoms with Crippen LogP contribution in [0.1, 0.15) is 19.3 Å². The minimum Gasteiger partial charge on any atom is -0.314 e. The first-order chi connectivity index (χ1) is 5.77. The first-order valence-electron chi connectivity index (χ1n) is 4.39. The van der Waals surface area contributed by atoms with E-state index in [1.54, 1.807) is 0 Å². The molecule has 2 aliphatic rings. The third kappa shape index (κ3) is 1.37. The molecule has 0 amide bonds. The smallest absolute Gasteiger partial charge is 0.115 e. The maximum absolute atomic E-state index is 13.1. The fourth-order valence-electron chi connectivity index (χ4n) is 2.55. The molecule has 4 heteroatoms. The number of alkyl halides is 1. The highest BCUT2D eigenvalue weighted by Gasteiger charge is 2.48. The molecule has 2 aliphatic heterocycles. The van der Waals surface area contributed by atoms with E-state index in [-0.39, 0.29) is 5.54 Å². The molecule has 0 aromatic heterocycles. The van der Waals surface area contributed by atoms with Crippen LogP contribution in [0.2, 0.25) is 0 Å². The zero-order chi connectivity index (χ0) is 8.60. The van der Waals surface area contributed by atoms with E-state index in [1.807, 2.05) is 23.0 Å². The van der Waals surface area contributed by atoms with E-state index >= 15 is 0 Å². The molecule has 0 aliphatic carbocycles. The van der Waals surface area contributed by atoms with Crippen molar-refractivity contribution in [2.75, 3.05) is 19.7 Å². The maximum Gasteiger partial charge on any atom is 0.115 e. The summed E-state index contributed by atoms with van der Waals surface area (Å²) in [6.45, 7) is 2.37. The zero-order valence-electron chi connectivity index (χ0n) is 6.93. The molecule has 2 fully saturated rings. The first kappa shape index (κ1) is 9.15. The summed E-state index contributed by atoms with van der Waals surface area (Å²) < 4.78 is 18.3. The van der Waals surface area contributed by atoms with Crippen molar-refractivity contribution in [1.82, 2.24) is 4.90 Å². The van der Waals surface area contributed by atoms with E-state index < -0.39 is 6.17 Å². The van der Waals surface area contributed by atoms with Gasteiger partial charge >= 0.3 is 0 Å². The van der Waals surface area contributed by atoms with Crippen LogP contribution < -0.4 is 0 Å². The molecule has 0 unspecified atom stereocenters. The Balaban J connectivity index is 2.09. The van der Waals surface area contributed by atoms with Crippen LogP contribution >= 0.6 is 23.0 Å². The molecular formula is C8H13FINO. The Bertz CT molecular complexity index is 180. The number of nitrogens with zero attached hydrogens (tertiary/aromatic N) is 1. The average Bonchev–Trinajstić information content (AvgIpc) is 2.44. The van der Waals surface area contributed by atoms with Crippen LogP contribution in [-0.2, 0) is 3.07 Å². The maximum atomic E-state index is 13.1. The lowest BCUT2D eigenvalue weighted by Gasteiger charge is -2.29. The molecule has 12 heavy (non-hydrogen) atoms. The van der Waals surface area contributed by atoms with Gasteiger partial charge in [-0.2, -0.15) is 0 Å². The van der Waals surface area contributed by atoms with Crippen molar-refractivity contribution in [1.29, 1.82) is 0 Å². The number of fused-ring (bicyclic) bond motifs is 1. The van der Waals surface area contributed by atoms with Crippen molar-refractivity contribution in [3.8, 4) is 0 Å². The quantitative estimate of drug-likeness (QED) is 0.719. The summed E-state index contributed by atoms with van der Waals surface area (Å²) in [5.41, 5.74) is 0.0562. The van der Waals surface area contributed by atoms with Gasteiger partial charge in [-0.25, -0.2) is 4.39 Å². The lowest BCUT2D eigenvalue weighted by molar-refractivity contribution is 0.139. The van der Waals surface area contributed by atoms with E-state index in [4.69, 9.17) is 3.07 Å². The summed E-state index contributed by atoms with van der Waals surface area (Å²) >= 11 is 1.91. The van der Waals surface area contributed by atoms with Gasteiger partial charge in [0.1, 0.15) is 29.2 Å². The van der Waals surface area contributed by atoms with Crippen LogP contribution in [0.25, 0.3) is 0 Å². The topological polar surface area (TPSA) is 12.5 Å². The van der Waals surface area contributed by atoms with Crippen molar-refractivity contribution in [3.05, 3.63) is 0 Å². The van der Waals surface area contributed by atoms with Gasteiger partial charge in [0.05, 0.1) is 6.61 Å². The second-order valence-electron chi connectivity index (χ2n) is 3.83. The second-order valence-corrected chi connectivity index (χ2v) is 4.45. The number of rotatable bonds is 2. The number of hydrogen-bond acceptors (Lipinski definition) is 2. The summed E-state index contributed by atoms with van der Waals surface area (Å²) in [6.07, 6.45) is 2.36. The van der Waals surface area contributed by atoms with E-state index in [9.17, 15) is 4.39 Å². The van der Waals surface area contributed by atoms with Crippen molar-refractivity contribution >= 4 is 23.0 Å². The molecule has 0 saturated carbocycles. The molecule has 2 rings (SSSR count). The predicted molar refractivity (Wildman–Crippen MR) is 53.0 cm³/mol. The zero-order valence-corrected chi connectivity index (χ0v) is 9.09. The Kier molecular flexibility index (Phi) is 2.58. The third-order valence-electron chi connectivity index (χ3n) is 3.08. The molecule has 0 bridgehead atoms. The fraction of sp³-hybridized carbons (Fsp3) is 1.00. The Morgan fingerprint density at radius 3 is 3.25 bits per heavy atom. The monoisotopic (exact) mass is 285 g/mol. The van der Waals surface area contributed by atoms with E-state index in [1.165, 1.54) is 6.42 Å². The van der Waals surface area contributed by atoms with Gasteiger partial charge in [0.15, 0.2) is 0 Å². The van der Waals surface area contributed by atoms with Gasteiger partial charge < -0.3 is 3.07 Å². The molecule has 0 aromatic carbocycles. The molecule has 0 aromatic rings. The Morgan fingerprint density at radius 1 is 1.67 bits per heavy atom. The number of halogens is 2. The minimum absolute atomic E-state index is 0.0562. The molecule has 0 N–H and O–H groups in total. The molecule has 0 spiro atoms. The highest BCUT2D eigenvalue weighted by molar-refractivity contribution is 14.1. The van der Waals surface area contributed by atoms with Crippen LogP contribution in [0.3, 0.4) is 0 Å². The normalized spacial score (nSPS) is 42.0. The SMILES string of the molecule is F[C@@H]1CN2CCC[C@]2(COI)C1. The Hall–Kier alpha value is 0.580. The first-order valence-corrected chi connectivity index (χ1v) is 5.28. The van der Waals surface area contributed by atoms with E-state index in [2.05, 4.69) is 4.90 Å². The summed E-state index contributed by atoms with van der Waals surface area (Å²) in [5.74, 6) is 0. The Labute approximate surface area is 86.1 Å². The predicted octanol–water partition coefficient (Wildman–Crippen LogP) is 1.93. The van der Waals surface area contributed by atoms with Crippen LogP contribution in [0.5, 0.6) is 0 Å². The van der Waals surface area contributed by atoms with Crippen LogP contribution in [0, 0.1) is 0 Å². The highest BCUT2D eigenvalue weighted by Crippen LogP contribution is 2.40. The second kappa shape index (κ2) is 3.38. The lowest BCUT2D eigenvalue weighted by Crippen LogP contribution is -2.41. The molecule has 2 saturated heterocycles. The molecule has 2 heterocycles. The van der Waals surface area contributed by atoms with Crippen molar-refractivity contribution in [2.24, 2.45) is 0 Å². The fourth-order valence-corrected chi connectivity index (χ4v) is 3.13. The van der Waals surface area contributed by atoms with Gasteiger partial charge in [-0.05, 0) is 19.4 Å². The number of hydrogen-bond donors (Lipinski definition) is 0. The summed E-state index contributed by atoms with van der Waals surface area (Å²) in [4.78, 5) is 2.26. The van der Waals surface area contributed by atoms with Crippen molar-refractivity contribution in [3.63, 3.8) is 0 Å². The third-order valence-corrected chi connectivity index (χ3v) is 3.40. The summed E-state index contributed by atoms with van der Waals surface area (Å²) in [7, 11) is 0. The molecule has 70 valence electrons. The average molecular weight is 285 g/mol. The standard InChI is InChI=1S/C8H13FINO/c9-7-4-8(6-12-10)2-1-3-11(8)5-7/h7H,1-6H2/t7-,8+/m0/s1. The van der Waals surface area contributed by atoms with Gasteiger partial charge in [0.2, 0.25) is 0 Å². The van der Waals surface area contributed by atoms with Crippen molar-refractivity contribution in [2.45, 2.75) is 31.0 Å².